The van der Waals surface area contributed by atoms with Gasteiger partial charge in [0.05, 0.1) is 6.10 Å². The molecule has 0 amide bonds. The lowest BCUT2D eigenvalue weighted by Crippen LogP contribution is -2.27. The molecule has 2 heteroatoms. The van der Waals surface area contributed by atoms with Crippen molar-refractivity contribution in [1.82, 2.24) is 5.32 Å². The molecule has 0 saturated heterocycles. The van der Waals surface area contributed by atoms with Crippen LogP contribution in [0.2, 0.25) is 0 Å². The highest BCUT2D eigenvalue weighted by Crippen LogP contribution is 2.10. The predicted molar refractivity (Wildman–Crippen MR) is 54.5 cm³/mol. The van der Waals surface area contributed by atoms with Crippen molar-refractivity contribution in [2.24, 2.45) is 0 Å². The van der Waals surface area contributed by atoms with E-state index < -0.39 is 0 Å². The van der Waals surface area contributed by atoms with Gasteiger partial charge in [-0.1, -0.05) is 30.3 Å². The summed E-state index contributed by atoms with van der Waals surface area (Å²) < 4.78 is 0. The minimum atomic E-state index is -0.286. The molecule has 0 radical (unpaired) electrons. The SMILES string of the molecule is CC(O)CN[C@H](C)c1ccccc1. The summed E-state index contributed by atoms with van der Waals surface area (Å²) in [6.07, 6.45) is -0.286. The Morgan fingerprint density at radius 3 is 2.38 bits per heavy atom. The molecule has 0 aliphatic heterocycles. The number of nitrogens with one attached hydrogen (secondary N) is 1. The third-order valence-corrected chi connectivity index (χ3v) is 2.02. The van der Waals surface area contributed by atoms with Crippen molar-refractivity contribution in [3.05, 3.63) is 35.9 Å². The van der Waals surface area contributed by atoms with Crippen molar-refractivity contribution in [3.63, 3.8) is 0 Å². The summed E-state index contributed by atoms with van der Waals surface area (Å²) in [7, 11) is 0. The molecule has 13 heavy (non-hydrogen) atoms. The first-order valence-corrected chi connectivity index (χ1v) is 4.66. The van der Waals surface area contributed by atoms with Crippen LogP contribution in [-0.2, 0) is 0 Å². The molecule has 1 unspecified atom stereocenters. The van der Waals surface area contributed by atoms with Gasteiger partial charge < -0.3 is 10.4 Å². The van der Waals surface area contributed by atoms with Gasteiger partial charge in [0, 0.05) is 12.6 Å². The molecule has 0 spiro atoms. The van der Waals surface area contributed by atoms with Gasteiger partial charge in [-0.3, -0.25) is 0 Å². The Morgan fingerprint density at radius 1 is 1.23 bits per heavy atom. The van der Waals surface area contributed by atoms with Crippen LogP contribution in [0.15, 0.2) is 30.3 Å². The normalized spacial score (nSPS) is 15.3. The standard InChI is InChI=1S/C11H17NO/c1-9(13)8-12-10(2)11-6-4-3-5-7-11/h3-7,9-10,12-13H,8H2,1-2H3/t9?,10-/m1/s1. The van der Waals surface area contributed by atoms with E-state index in [9.17, 15) is 0 Å². The fourth-order valence-electron chi connectivity index (χ4n) is 1.21. The van der Waals surface area contributed by atoms with Crippen molar-refractivity contribution >= 4 is 0 Å². The Hall–Kier alpha value is -0.860. The maximum absolute atomic E-state index is 9.09. The molecule has 0 saturated carbocycles. The smallest absolute Gasteiger partial charge is 0.0636 e. The number of hydrogen-bond acceptors (Lipinski definition) is 2. The van der Waals surface area contributed by atoms with Crippen molar-refractivity contribution in [3.8, 4) is 0 Å². The summed E-state index contributed by atoms with van der Waals surface area (Å²) in [6, 6.07) is 10.5. The Morgan fingerprint density at radius 2 is 1.85 bits per heavy atom. The lowest BCUT2D eigenvalue weighted by atomic mass is 10.1. The van der Waals surface area contributed by atoms with Crippen molar-refractivity contribution in [2.75, 3.05) is 6.54 Å². The number of benzene rings is 1. The van der Waals surface area contributed by atoms with Crippen LogP contribution in [0.1, 0.15) is 25.5 Å². The lowest BCUT2D eigenvalue weighted by molar-refractivity contribution is 0.187. The predicted octanol–water partition coefficient (Wildman–Crippen LogP) is 1.72. The lowest BCUT2D eigenvalue weighted by Gasteiger charge is -2.15. The molecule has 2 N–H and O–H groups in total. The number of aliphatic hydroxyl groups excluding tert-OH is 1. The van der Waals surface area contributed by atoms with Crippen molar-refractivity contribution < 1.29 is 5.11 Å². The van der Waals surface area contributed by atoms with E-state index in [1.54, 1.807) is 6.92 Å². The molecule has 0 fully saturated rings. The van der Waals surface area contributed by atoms with E-state index in [-0.39, 0.29) is 6.10 Å². The Labute approximate surface area is 79.6 Å². The minimum Gasteiger partial charge on any atom is -0.392 e. The molecule has 72 valence electrons. The first-order valence-electron chi connectivity index (χ1n) is 4.66. The molecular weight excluding hydrogens is 162 g/mol. The van der Waals surface area contributed by atoms with Gasteiger partial charge in [0.15, 0.2) is 0 Å². The zero-order valence-electron chi connectivity index (χ0n) is 8.20. The molecule has 1 rings (SSSR count). The second-order valence-electron chi connectivity index (χ2n) is 3.39. The quantitative estimate of drug-likeness (QED) is 0.737. The van der Waals surface area contributed by atoms with Crippen LogP contribution in [0.5, 0.6) is 0 Å². The van der Waals surface area contributed by atoms with Crippen LogP contribution in [0.4, 0.5) is 0 Å². The highest BCUT2D eigenvalue weighted by Gasteiger charge is 2.04. The maximum Gasteiger partial charge on any atom is 0.0636 e. The minimum absolute atomic E-state index is 0.286. The summed E-state index contributed by atoms with van der Waals surface area (Å²) >= 11 is 0. The van der Waals surface area contributed by atoms with Gasteiger partial charge in [-0.25, -0.2) is 0 Å². The topological polar surface area (TPSA) is 32.3 Å². The number of rotatable bonds is 4. The molecular formula is C11H17NO. The van der Waals surface area contributed by atoms with Crippen molar-refractivity contribution in [1.29, 1.82) is 0 Å². The fraction of sp³-hybridized carbons (Fsp3) is 0.455. The summed E-state index contributed by atoms with van der Waals surface area (Å²) in [4.78, 5) is 0. The van der Waals surface area contributed by atoms with Gasteiger partial charge in [-0.15, -0.1) is 0 Å². The maximum atomic E-state index is 9.09. The monoisotopic (exact) mass is 179 g/mol. The van der Waals surface area contributed by atoms with Crippen LogP contribution < -0.4 is 5.32 Å². The van der Waals surface area contributed by atoms with Crippen molar-refractivity contribution in [2.45, 2.75) is 26.0 Å². The second kappa shape index (κ2) is 5.00. The zero-order chi connectivity index (χ0) is 9.68. The van der Waals surface area contributed by atoms with Gasteiger partial charge >= 0.3 is 0 Å². The summed E-state index contributed by atoms with van der Waals surface area (Å²) in [5, 5.41) is 12.3. The Kier molecular flexibility index (Phi) is 3.93. The zero-order valence-corrected chi connectivity index (χ0v) is 8.20. The van der Waals surface area contributed by atoms with E-state index >= 15 is 0 Å². The van der Waals surface area contributed by atoms with Crippen LogP contribution in [0.3, 0.4) is 0 Å². The van der Waals surface area contributed by atoms with Crippen LogP contribution >= 0.6 is 0 Å². The molecule has 2 atom stereocenters. The van der Waals surface area contributed by atoms with Gasteiger partial charge in [0.1, 0.15) is 0 Å². The highest BCUT2D eigenvalue weighted by molar-refractivity contribution is 5.17. The van der Waals surface area contributed by atoms with E-state index in [1.165, 1.54) is 5.56 Å². The highest BCUT2D eigenvalue weighted by atomic mass is 16.3. The van der Waals surface area contributed by atoms with Gasteiger partial charge in [-0.05, 0) is 19.4 Å². The van der Waals surface area contributed by atoms with Gasteiger partial charge in [0.2, 0.25) is 0 Å². The van der Waals surface area contributed by atoms with E-state index in [0.717, 1.165) is 0 Å². The molecule has 1 aromatic rings. The van der Waals surface area contributed by atoms with E-state index in [1.807, 2.05) is 18.2 Å². The third-order valence-electron chi connectivity index (χ3n) is 2.02. The van der Waals surface area contributed by atoms with Crippen LogP contribution in [-0.4, -0.2) is 17.8 Å². The summed E-state index contributed by atoms with van der Waals surface area (Å²) in [6.45, 7) is 4.51. The molecule has 0 heterocycles. The molecule has 0 bridgehead atoms. The van der Waals surface area contributed by atoms with Gasteiger partial charge in [-0.2, -0.15) is 0 Å². The summed E-state index contributed by atoms with van der Waals surface area (Å²) in [5.41, 5.74) is 1.25. The molecule has 0 aromatic heterocycles. The van der Waals surface area contributed by atoms with Crippen LogP contribution in [0.25, 0.3) is 0 Å². The first-order chi connectivity index (χ1) is 6.20. The van der Waals surface area contributed by atoms with Gasteiger partial charge in [0.25, 0.3) is 0 Å². The largest absolute Gasteiger partial charge is 0.392 e. The average Bonchev–Trinajstić information content (AvgIpc) is 2.15. The second-order valence-corrected chi connectivity index (χ2v) is 3.39. The first kappa shape index (κ1) is 10.2. The van der Waals surface area contributed by atoms with E-state index in [2.05, 4.69) is 24.4 Å². The van der Waals surface area contributed by atoms with E-state index in [0.29, 0.717) is 12.6 Å². The molecule has 0 aliphatic rings. The Bertz CT molecular complexity index is 233. The summed E-state index contributed by atoms with van der Waals surface area (Å²) in [5.74, 6) is 0. The molecule has 2 nitrogen and oxygen atoms in total. The Balaban J connectivity index is 2.44. The molecule has 1 aromatic carbocycles. The molecule has 0 aliphatic carbocycles. The number of aliphatic hydroxyl groups is 1. The fourth-order valence-corrected chi connectivity index (χ4v) is 1.21. The van der Waals surface area contributed by atoms with Crippen LogP contribution in [0, 0.1) is 0 Å². The van der Waals surface area contributed by atoms with E-state index in [4.69, 9.17) is 5.11 Å². The number of hydrogen-bond donors (Lipinski definition) is 2. The third kappa shape index (κ3) is 3.57. The average molecular weight is 179 g/mol.